The molecule has 8 heteroatoms. The zero-order valence-electron chi connectivity index (χ0n) is 17.9. The lowest BCUT2D eigenvalue weighted by atomic mass is 9.88. The van der Waals surface area contributed by atoms with Gasteiger partial charge in [-0.25, -0.2) is 8.42 Å². The quantitative estimate of drug-likeness (QED) is 0.587. The van der Waals surface area contributed by atoms with Crippen molar-refractivity contribution < 1.29 is 26.7 Å². The molecule has 2 aromatic rings. The van der Waals surface area contributed by atoms with Crippen LogP contribution in [-0.4, -0.2) is 40.0 Å². The zero-order valence-corrected chi connectivity index (χ0v) is 18.7. The van der Waals surface area contributed by atoms with Crippen molar-refractivity contribution in [3.63, 3.8) is 0 Å². The van der Waals surface area contributed by atoms with Gasteiger partial charge in [-0.05, 0) is 61.9 Å². The van der Waals surface area contributed by atoms with E-state index in [0.717, 1.165) is 5.56 Å². The Morgan fingerprint density at radius 3 is 2.16 bits per heavy atom. The number of piperidine rings is 1. The van der Waals surface area contributed by atoms with Gasteiger partial charge in [0.1, 0.15) is 0 Å². The number of methoxy groups -OCH3 is 2. The Labute approximate surface area is 182 Å². The van der Waals surface area contributed by atoms with E-state index in [1.807, 2.05) is 6.92 Å². The fourth-order valence-corrected chi connectivity index (χ4v) is 5.30. The maximum absolute atomic E-state index is 13.8. The minimum Gasteiger partial charge on any atom is -0.493 e. The van der Waals surface area contributed by atoms with Crippen molar-refractivity contribution in [1.29, 1.82) is 0 Å². The second-order valence-electron chi connectivity index (χ2n) is 7.67. The second-order valence-corrected chi connectivity index (χ2v) is 9.61. The lowest BCUT2D eigenvalue weighted by Crippen LogP contribution is -2.38. The Morgan fingerprint density at radius 1 is 1.00 bits per heavy atom. The predicted octanol–water partition coefficient (Wildman–Crippen LogP) is 5.11. The Hall–Kier alpha value is -2.45. The topological polar surface area (TPSA) is 55.8 Å². The molecule has 0 aliphatic carbocycles. The Bertz CT molecular complexity index is 1040. The van der Waals surface area contributed by atoms with E-state index in [1.54, 1.807) is 42.5 Å². The highest BCUT2D eigenvalue weighted by Crippen LogP contribution is 2.37. The van der Waals surface area contributed by atoms with E-state index < -0.39 is 16.1 Å². The van der Waals surface area contributed by atoms with Gasteiger partial charge in [0, 0.05) is 18.7 Å². The van der Waals surface area contributed by atoms with E-state index in [1.165, 1.54) is 18.5 Å². The van der Waals surface area contributed by atoms with Crippen LogP contribution in [0, 0.1) is 12.8 Å². The SMILES string of the molecule is COc1ccc(C(CC2CCN(S(=O)(=O)c3ccc(C)cc3)CC2)=C(F)F)cc1OC. The molecule has 0 amide bonds. The van der Waals surface area contributed by atoms with Gasteiger partial charge in [0.05, 0.1) is 19.1 Å². The molecule has 0 radical (unpaired) electrons. The smallest absolute Gasteiger partial charge is 0.274 e. The molecule has 1 aliphatic heterocycles. The summed E-state index contributed by atoms with van der Waals surface area (Å²) in [5.74, 6) is 0.825. The third kappa shape index (κ3) is 5.25. The van der Waals surface area contributed by atoms with Crippen molar-refractivity contribution >= 4 is 15.6 Å². The molecule has 1 heterocycles. The molecule has 31 heavy (non-hydrogen) atoms. The first-order valence-electron chi connectivity index (χ1n) is 10.1. The third-order valence-corrected chi connectivity index (χ3v) is 7.60. The highest BCUT2D eigenvalue weighted by atomic mass is 32.2. The standard InChI is InChI=1S/C23H27F2NO4S/c1-16-4-7-19(8-5-16)31(27,28)26-12-10-17(11-13-26)14-20(23(24)25)18-6-9-21(29-2)22(15-18)30-3/h4-9,15,17H,10-14H2,1-3H3. The van der Waals surface area contributed by atoms with E-state index in [9.17, 15) is 17.2 Å². The Morgan fingerprint density at radius 2 is 1.61 bits per heavy atom. The number of rotatable bonds is 7. The van der Waals surface area contributed by atoms with Crippen molar-refractivity contribution in [2.45, 2.75) is 31.1 Å². The lowest BCUT2D eigenvalue weighted by Gasteiger charge is -2.31. The fraction of sp³-hybridized carbons (Fsp3) is 0.391. The summed E-state index contributed by atoms with van der Waals surface area (Å²) in [5.41, 5.74) is 1.33. The first-order valence-corrected chi connectivity index (χ1v) is 11.5. The summed E-state index contributed by atoms with van der Waals surface area (Å²) in [6, 6.07) is 11.5. The van der Waals surface area contributed by atoms with Gasteiger partial charge in [-0.3, -0.25) is 0 Å². The fourth-order valence-electron chi connectivity index (χ4n) is 3.83. The van der Waals surface area contributed by atoms with Crippen molar-refractivity contribution in [2.24, 2.45) is 5.92 Å². The summed E-state index contributed by atoms with van der Waals surface area (Å²) >= 11 is 0. The van der Waals surface area contributed by atoms with Crippen LogP contribution in [0.15, 0.2) is 53.4 Å². The molecular weight excluding hydrogens is 424 g/mol. The normalized spacial score (nSPS) is 15.5. The number of halogens is 2. The minimum atomic E-state index is -3.57. The van der Waals surface area contributed by atoms with Gasteiger partial charge in [-0.1, -0.05) is 23.8 Å². The van der Waals surface area contributed by atoms with Crippen LogP contribution in [0.4, 0.5) is 8.78 Å². The first-order chi connectivity index (χ1) is 14.8. The van der Waals surface area contributed by atoms with E-state index >= 15 is 0 Å². The molecule has 5 nitrogen and oxygen atoms in total. The number of allylic oxidation sites excluding steroid dienone is 1. The molecule has 0 aromatic heterocycles. The average Bonchev–Trinajstić information content (AvgIpc) is 2.77. The van der Waals surface area contributed by atoms with Gasteiger partial charge < -0.3 is 9.47 Å². The van der Waals surface area contributed by atoms with Crippen LogP contribution in [0.5, 0.6) is 11.5 Å². The summed E-state index contributed by atoms with van der Waals surface area (Å²) in [6.07, 6.45) is -0.512. The number of hydrogen-bond acceptors (Lipinski definition) is 4. The molecule has 0 atom stereocenters. The van der Waals surface area contributed by atoms with Crippen LogP contribution < -0.4 is 9.47 Å². The summed E-state index contributed by atoms with van der Waals surface area (Å²) in [7, 11) is -0.625. The molecule has 0 unspecified atom stereocenters. The molecular formula is C23H27F2NO4S. The van der Waals surface area contributed by atoms with Crippen LogP contribution in [0.25, 0.3) is 5.57 Å². The number of ether oxygens (including phenoxy) is 2. The predicted molar refractivity (Wildman–Crippen MR) is 116 cm³/mol. The average molecular weight is 452 g/mol. The van der Waals surface area contributed by atoms with Crippen molar-refractivity contribution in [1.82, 2.24) is 4.31 Å². The number of sulfonamides is 1. The summed E-state index contributed by atoms with van der Waals surface area (Å²) in [5, 5.41) is 0. The highest BCUT2D eigenvalue weighted by Gasteiger charge is 2.30. The van der Waals surface area contributed by atoms with Crippen LogP contribution in [0.2, 0.25) is 0 Å². The van der Waals surface area contributed by atoms with Crippen molar-refractivity contribution in [3.8, 4) is 11.5 Å². The zero-order chi connectivity index (χ0) is 22.6. The van der Waals surface area contributed by atoms with E-state index in [0.29, 0.717) is 43.0 Å². The van der Waals surface area contributed by atoms with Crippen molar-refractivity contribution in [3.05, 3.63) is 59.7 Å². The Balaban J connectivity index is 1.70. The van der Waals surface area contributed by atoms with Crippen molar-refractivity contribution in [2.75, 3.05) is 27.3 Å². The molecule has 168 valence electrons. The monoisotopic (exact) mass is 451 g/mol. The van der Waals surface area contributed by atoms with Gasteiger partial charge in [-0.2, -0.15) is 13.1 Å². The van der Waals surface area contributed by atoms with Gasteiger partial charge in [0.2, 0.25) is 10.0 Å². The first kappa shape index (κ1) is 23.2. The molecule has 0 spiro atoms. The maximum Gasteiger partial charge on any atom is 0.274 e. The number of benzene rings is 2. The van der Waals surface area contributed by atoms with Gasteiger partial charge in [-0.15, -0.1) is 0 Å². The molecule has 1 fully saturated rings. The van der Waals surface area contributed by atoms with E-state index in [-0.39, 0.29) is 22.8 Å². The summed E-state index contributed by atoms with van der Waals surface area (Å²) in [6.45, 7) is 2.53. The number of nitrogens with zero attached hydrogens (tertiary/aromatic N) is 1. The summed E-state index contributed by atoms with van der Waals surface area (Å²) in [4.78, 5) is 0.261. The molecule has 0 N–H and O–H groups in total. The molecule has 3 rings (SSSR count). The summed E-state index contributed by atoms with van der Waals surface area (Å²) < 4.78 is 65.1. The third-order valence-electron chi connectivity index (χ3n) is 5.69. The van der Waals surface area contributed by atoms with Crippen LogP contribution in [0.1, 0.15) is 30.4 Å². The lowest BCUT2D eigenvalue weighted by molar-refractivity contribution is 0.275. The maximum atomic E-state index is 13.8. The van der Waals surface area contributed by atoms with Gasteiger partial charge in [0.25, 0.3) is 6.08 Å². The van der Waals surface area contributed by atoms with E-state index in [4.69, 9.17) is 9.47 Å². The Kier molecular flexibility index (Phi) is 7.33. The van der Waals surface area contributed by atoms with Crippen LogP contribution in [-0.2, 0) is 10.0 Å². The van der Waals surface area contributed by atoms with E-state index in [2.05, 4.69) is 0 Å². The molecule has 2 aromatic carbocycles. The molecule has 0 bridgehead atoms. The molecule has 1 aliphatic rings. The molecule has 0 saturated carbocycles. The second kappa shape index (κ2) is 9.78. The molecule has 1 saturated heterocycles. The number of hydrogen-bond donors (Lipinski definition) is 0. The van der Waals surface area contributed by atoms with Crippen LogP contribution >= 0.6 is 0 Å². The van der Waals surface area contributed by atoms with Gasteiger partial charge >= 0.3 is 0 Å². The minimum absolute atomic E-state index is 0.0333. The van der Waals surface area contributed by atoms with Gasteiger partial charge in [0.15, 0.2) is 11.5 Å². The van der Waals surface area contributed by atoms with Crippen LogP contribution in [0.3, 0.4) is 0 Å². The largest absolute Gasteiger partial charge is 0.493 e. The number of aryl methyl sites for hydroxylation is 1. The highest BCUT2D eigenvalue weighted by molar-refractivity contribution is 7.89.